The SMILES string of the molecule is CN=C(NCc1cn(C)nc1C(F)(F)F)NC1CCN(CCCOC)CC1.I. The lowest BCUT2D eigenvalue weighted by atomic mass is 10.1. The van der Waals surface area contributed by atoms with Crippen molar-refractivity contribution in [3.63, 3.8) is 0 Å². The van der Waals surface area contributed by atoms with Crippen molar-refractivity contribution in [3.05, 3.63) is 17.5 Å². The summed E-state index contributed by atoms with van der Waals surface area (Å²) in [7, 11) is 4.80. The van der Waals surface area contributed by atoms with Gasteiger partial charge in [0.2, 0.25) is 0 Å². The van der Waals surface area contributed by atoms with E-state index in [4.69, 9.17) is 4.74 Å². The van der Waals surface area contributed by atoms with Crippen LogP contribution in [0.2, 0.25) is 0 Å². The van der Waals surface area contributed by atoms with Gasteiger partial charge in [0.1, 0.15) is 0 Å². The molecule has 1 saturated heterocycles. The van der Waals surface area contributed by atoms with E-state index in [9.17, 15) is 13.2 Å². The Labute approximate surface area is 181 Å². The van der Waals surface area contributed by atoms with Gasteiger partial charge in [-0.05, 0) is 19.3 Å². The van der Waals surface area contributed by atoms with E-state index < -0.39 is 11.9 Å². The van der Waals surface area contributed by atoms with Crippen molar-refractivity contribution in [2.75, 3.05) is 40.4 Å². The zero-order chi connectivity index (χ0) is 19.9. The zero-order valence-corrected chi connectivity index (χ0v) is 18.9. The highest BCUT2D eigenvalue weighted by Gasteiger charge is 2.36. The Morgan fingerprint density at radius 3 is 2.61 bits per heavy atom. The van der Waals surface area contributed by atoms with Crippen LogP contribution in [0.25, 0.3) is 0 Å². The molecule has 0 atom stereocenters. The summed E-state index contributed by atoms with van der Waals surface area (Å²) in [5, 5.41) is 9.79. The predicted octanol–water partition coefficient (Wildman–Crippen LogP) is 2.22. The number of hydrogen-bond donors (Lipinski definition) is 2. The van der Waals surface area contributed by atoms with Crippen molar-refractivity contribution in [2.45, 2.75) is 38.0 Å². The first-order valence-corrected chi connectivity index (χ1v) is 9.11. The number of halogens is 4. The molecule has 11 heteroatoms. The van der Waals surface area contributed by atoms with Crippen LogP contribution >= 0.6 is 24.0 Å². The fraction of sp³-hybridized carbons (Fsp3) is 0.765. The second kappa shape index (κ2) is 11.8. The fourth-order valence-corrected chi connectivity index (χ4v) is 3.21. The summed E-state index contributed by atoms with van der Waals surface area (Å²) in [6.07, 6.45) is -0.139. The van der Waals surface area contributed by atoms with E-state index in [1.807, 2.05) is 0 Å². The Bertz CT molecular complexity index is 615. The average Bonchev–Trinajstić information content (AvgIpc) is 3.01. The molecular formula is C17H30F3IN6O. The first kappa shape index (κ1) is 25.0. The molecule has 0 aliphatic carbocycles. The molecule has 0 amide bonds. The van der Waals surface area contributed by atoms with Gasteiger partial charge in [-0.3, -0.25) is 9.67 Å². The number of likely N-dealkylation sites (tertiary alicyclic amines) is 1. The van der Waals surface area contributed by atoms with Gasteiger partial charge in [-0.15, -0.1) is 24.0 Å². The number of nitrogens with one attached hydrogen (secondary N) is 2. The third-order valence-corrected chi connectivity index (χ3v) is 4.59. The molecule has 2 heterocycles. The number of methoxy groups -OCH3 is 1. The Morgan fingerprint density at radius 1 is 1.36 bits per heavy atom. The van der Waals surface area contributed by atoms with Crippen LogP contribution in [0.3, 0.4) is 0 Å². The third-order valence-electron chi connectivity index (χ3n) is 4.59. The van der Waals surface area contributed by atoms with Crippen LogP contribution in [0.15, 0.2) is 11.2 Å². The highest BCUT2D eigenvalue weighted by atomic mass is 127. The number of aliphatic imine (C=N–C) groups is 1. The summed E-state index contributed by atoms with van der Waals surface area (Å²) in [4.78, 5) is 6.53. The Kier molecular flexibility index (Phi) is 10.5. The number of piperidine rings is 1. The summed E-state index contributed by atoms with van der Waals surface area (Å²) in [6.45, 7) is 3.77. The van der Waals surface area contributed by atoms with Crippen LogP contribution in [0, 0.1) is 0 Å². The number of hydrogen-bond acceptors (Lipinski definition) is 4. The molecule has 1 fully saturated rings. The van der Waals surface area contributed by atoms with E-state index in [-0.39, 0.29) is 42.1 Å². The number of nitrogens with zero attached hydrogens (tertiary/aromatic N) is 4. The maximum absolute atomic E-state index is 13.0. The van der Waals surface area contributed by atoms with E-state index in [0.717, 1.165) is 45.5 Å². The monoisotopic (exact) mass is 518 g/mol. The lowest BCUT2D eigenvalue weighted by Gasteiger charge is -2.33. The number of ether oxygens (including phenoxy) is 1. The number of rotatable bonds is 7. The highest BCUT2D eigenvalue weighted by molar-refractivity contribution is 14.0. The summed E-state index contributed by atoms with van der Waals surface area (Å²) in [6, 6.07) is 0.255. The van der Waals surface area contributed by atoms with Gasteiger partial charge in [-0.2, -0.15) is 18.3 Å². The molecule has 0 bridgehead atoms. The topological polar surface area (TPSA) is 66.7 Å². The van der Waals surface area contributed by atoms with Crippen molar-refractivity contribution in [3.8, 4) is 0 Å². The number of aromatic nitrogens is 2. The number of aryl methyl sites for hydroxylation is 1. The molecule has 1 aromatic rings. The van der Waals surface area contributed by atoms with E-state index in [0.29, 0.717) is 5.96 Å². The number of alkyl halides is 3. The fourth-order valence-electron chi connectivity index (χ4n) is 3.21. The second-order valence-corrected chi connectivity index (χ2v) is 6.71. The van der Waals surface area contributed by atoms with Crippen molar-refractivity contribution in [1.82, 2.24) is 25.3 Å². The van der Waals surface area contributed by atoms with E-state index >= 15 is 0 Å². The first-order chi connectivity index (χ1) is 12.8. The van der Waals surface area contributed by atoms with Gasteiger partial charge >= 0.3 is 6.18 Å². The predicted molar refractivity (Wildman–Crippen MR) is 113 cm³/mol. The zero-order valence-electron chi connectivity index (χ0n) is 16.6. The van der Waals surface area contributed by atoms with Gasteiger partial charge in [0.05, 0.1) is 0 Å². The van der Waals surface area contributed by atoms with Crippen LogP contribution in [0.1, 0.15) is 30.5 Å². The van der Waals surface area contributed by atoms with E-state index in [2.05, 4.69) is 25.6 Å². The molecule has 2 rings (SSSR count). The van der Waals surface area contributed by atoms with Crippen molar-refractivity contribution in [2.24, 2.45) is 12.0 Å². The minimum Gasteiger partial charge on any atom is -0.385 e. The Balaban J connectivity index is 0.00000392. The summed E-state index contributed by atoms with van der Waals surface area (Å²) in [5.74, 6) is 0.504. The Morgan fingerprint density at radius 2 is 2.04 bits per heavy atom. The van der Waals surface area contributed by atoms with Gasteiger partial charge in [-0.1, -0.05) is 0 Å². The Hall–Kier alpha value is -1.08. The smallest absolute Gasteiger partial charge is 0.385 e. The van der Waals surface area contributed by atoms with Gasteiger partial charge in [0.25, 0.3) is 0 Å². The minimum atomic E-state index is -4.47. The van der Waals surface area contributed by atoms with Crippen molar-refractivity contribution in [1.29, 1.82) is 0 Å². The van der Waals surface area contributed by atoms with Crippen LogP contribution in [-0.4, -0.2) is 67.1 Å². The third kappa shape index (κ3) is 7.74. The molecule has 28 heavy (non-hydrogen) atoms. The lowest BCUT2D eigenvalue weighted by Crippen LogP contribution is -2.48. The molecule has 1 aromatic heterocycles. The van der Waals surface area contributed by atoms with Crippen molar-refractivity contribution < 1.29 is 17.9 Å². The first-order valence-electron chi connectivity index (χ1n) is 9.11. The molecular weight excluding hydrogens is 488 g/mol. The van der Waals surface area contributed by atoms with E-state index in [1.54, 1.807) is 14.2 Å². The standard InChI is InChI=1S/C17H29F3N6O.HI/c1-21-16(22-11-13-12-25(2)24-15(13)17(18,19)20)23-14-5-8-26(9-6-14)7-4-10-27-3;/h12,14H,4-11H2,1-3H3,(H2,21,22,23);1H. The van der Waals surface area contributed by atoms with Crippen molar-refractivity contribution >= 4 is 29.9 Å². The van der Waals surface area contributed by atoms with Gasteiger partial charge in [0, 0.05) is 71.8 Å². The largest absolute Gasteiger partial charge is 0.435 e. The van der Waals surface area contributed by atoms with Gasteiger partial charge in [-0.25, -0.2) is 0 Å². The molecule has 1 aliphatic heterocycles. The average molecular weight is 518 g/mol. The molecule has 7 nitrogen and oxygen atoms in total. The molecule has 0 saturated carbocycles. The molecule has 2 N–H and O–H groups in total. The quantitative estimate of drug-likeness (QED) is 0.251. The van der Waals surface area contributed by atoms with Crippen LogP contribution < -0.4 is 10.6 Å². The highest BCUT2D eigenvalue weighted by Crippen LogP contribution is 2.30. The van der Waals surface area contributed by atoms with Gasteiger partial charge in [0.15, 0.2) is 11.7 Å². The molecule has 0 radical (unpaired) electrons. The lowest BCUT2D eigenvalue weighted by molar-refractivity contribution is -0.142. The maximum Gasteiger partial charge on any atom is 0.435 e. The number of guanidine groups is 1. The summed E-state index contributed by atoms with van der Waals surface area (Å²) >= 11 is 0. The summed E-state index contributed by atoms with van der Waals surface area (Å²) < 4.78 is 45.3. The molecule has 0 spiro atoms. The normalized spacial score (nSPS) is 16.7. The minimum absolute atomic E-state index is 0. The van der Waals surface area contributed by atoms with Crippen LogP contribution in [0.5, 0.6) is 0 Å². The van der Waals surface area contributed by atoms with Crippen LogP contribution in [-0.2, 0) is 24.5 Å². The molecule has 162 valence electrons. The van der Waals surface area contributed by atoms with E-state index in [1.165, 1.54) is 17.9 Å². The maximum atomic E-state index is 13.0. The molecule has 1 aliphatic rings. The molecule has 0 unspecified atom stereocenters. The van der Waals surface area contributed by atoms with Crippen LogP contribution in [0.4, 0.5) is 13.2 Å². The molecule has 0 aromatic carbocycles. The summed E-state index contributed by atoms with van der Waals surface area (Å²) in [5.41, 5.74) is -0.766. The second-order valence-electron chi connectivity index (χ2n) is 6.71. The van der Waals surface area contributed by atoms with Gasteiger partial charge < -0.3 is 20.3 Å².